The topological polar surface area (TPSA) is 30.5 Å². The first-order valence-electron chi connectivity index (χ1n) is 7.83. The third-order valence-corrected chi connectivity index (χ3v) is 3.19. The minimum absolute atomic E-state index is 0.260. The number of nitrogens with one attached hydrogen (secondary N) is 1. The fourth-order valence-corrected chi connectivity index (χ4v) is 2.22. The van der Waals surface area contributed by atoms with Crippen molar-refractivity contribution in [3.05, 3.63) is 23.8 Å². The second kappa shape index (κ2) is 10.1. The van der Waals surface area contributed by atoms with Crippen LogP contribution >= 0.6 is 0 Å². The zero-order valence-corrected chi connectivity index (χ0v) is 13.4. The highest BCUT2D eigenvalue weighted by Gasteiger charge is 2.13. The van der Waals surface area contributed by atoms with Crippen LogP contribution in [0.15, 0.2) is 18.2 Å². The summed E-state index contributed by atoms with van der Waals surface area (Å²) in [5.41, 5.74) is 1.20. The quantitative estimate of drug-likeness (QED) is 0.662. The Kier molecular flexibility index (Phi) is 8.38. The van der Waals surface area contributed by atoms with Crippen molar-refractivity contribution in [1.29, 1.82) is 0 Å². The Balaban J connectivity index is 2.95. The molecule has 1 aromatic rings. The minimum Gasteiger partial charge on any atom is -0.490 e. The molecule has 1 aromatic carbocycles. The van der Waals surface area contributed by atoms with E-state index in [2.05, 4.69) is 30.3 Å². The van der Waals surface area contributed by atoms with E-state index >= 15 is 0 Å². The second-order valence-electron chi connectivity index (χ2n) is 4.82. The lowest BCUT2D eigenvalue weighted by Gasteiger charge is -2.20. The average molecular weight is 289 g/mol. The van der Waals surface area contributed by atoms with Crippen molar-refractivity contribution in [3.63, 3.8) is 0 Å². The van der Waals surface area contributed by atoms with Gasteiger partial charge in [-0.25, -0.2) is 0 Å². The number of terminal acetylenes is 1. The number of benzene rings is 1. The van der Waals surface area contributed by atoms with Crippen molar-refractivity contribution in [2.24, 2.45) is 0 Å². The maximum atomic E-state index is 5.70. The van der Waals surface area contributed by atoms with E-state index in [1.54, 1.807) is 0 Å². The van der Waals surface area contributed by atoms with Gasteiger partial charge in [-0.3, -0.25) is 0 Å². The zero-order chi connectivity index (χ0) is 15.5. The molecule has 0 aliphatic rings. The lowest BCUT2D eigenvalue weighted by Crippen LogP contribution is -2.22. The summed E-state index contributed by atoms with van der Waals surface area (Å²) in [5, 5.41) is 3.55. The Labute approximate surface area is 129 Å². The van der Waals surface area contributed by atoms with Crippen LogP contribution in [0.5, 0.6) is 11.5 Å². The molecule has 0 radical (unpaired) electrons. The van der Waals surface area contributed by atoms with Gasteiger partial charge in [0.15, 0.2) is 11.5 Å². The van der Waals surface area contributed by atoms with Crippen molar-refractivity contribution in [2.45, 2.75) is 46.1 Å². The van der Waals surface area contributed by atoms with Crippen LogP contribution in [0.4, 0.5) is 0 Å². The van der Waals surface area contributed by atoms with Crippen molar-refractivity contribution < 1.29 is 9.47 Å². The van der Waals surface area contributed by atoms with E-state index in [1.165, 1.54) is 5.56 Å². The van der Waals surface area contributed by atoms with Crippen LogP contribution in [0.2, 0.25) is 0 Å². The van der Waals surface area contributed by atoms with E-state index in [9.17, 15) is 0 Å². The number of ether oxygens (including phenoxy) is 2. The Morgan fingerprint density at radius 3 is 2.48 bits per heavy atom. The first kappa shape index (κ1) is 17.4. The predicted octanol–water partition coefficient (Wildman–Crippen LogP) is 3.94. The highest BCUT2D eigenvalue weighted by atomic mass is 16.5. The van der Waals surface area contributed by atoms with Gasteiger partial charge in [-0.2, -0.15) is 0 Å². The molecule has 0 amide bonds. The summed E-state index contributed by atoms with van der Waals surface area (Å²) in [6.45, 7) is 8.35. The molecule has 1 unspecified atom stereocenters. The van der Waals surface area contributed by atoms with Crippen LogP contribution in [0.25, 0.3) is 0 Å². The standard InChI is InChI=1S/C18H27NO2/c1-5-9-10-16(19-13-6-2)15-11-12-17(20-7-3)18(14-15)21-8-4/h1,11-12,14,16,19H,6-10,13H2,2-4H3. The largest absolute Gasteiger partial charge is 0.490 e. The SMILES string of the molecule is C#CCCC(NCCC)c1ccc(OCC)c(OCC)c1. The first-order chi connectivity index (χ1) is 10.3. The molecule has 0 saturated heterocycles. The van der Waals surface area contributed by atoms with Crippen molar-refractivity contribution in [3.8, 4) is 23.8 Å². The van der Waals surface area contributed by atoms with Crippen molar-refractivity contribution >= 4 is 0 Å². The third kappa shape index (κ3) is 5.69. The molecule has 0 bridgehead atoms. The normalized spacial score (nSPS) is 11.7. The lowest BCUT2D eigenvalue weighted by atomic mass is 10.0. The predicted molar refractivity (Wildman–Crippen MR) is 87.9 cm³/mol. The Morgan fingerprint density at radius 2 is 1.86 bits per heavy atom. The van der Waals surface area contributed by atoms with Gasteiger partial charge in [0.05, 0.1) is 13.2 Å². The molecule has 116 valence electrons. The highest BCUT2D eigenvalue weighted by molar-refractivity contribution is 5.44. The van der Waals surface area contributed by atoms with Gasteiger partial charge in [0, 0.05) is 12.5 Å². The molecule has 0 saturated carbocycles. The van der Waals surface area contributed by atoms with Gasteiger partial charge < -0.3 is 14.8 Å². The van der Waals surface area contributed by atoms with Crippen LogP contribution < -0.4 is 14.8 Å². The molecule has 0 aliphatic heterocycles. The summed E-state index contributed by atoms with van der Waals surface area (Å²) < 4.78 is 11.3. The molecule has 0 heterocycles. The molecule has 3 nitrogen and oxygen atoms in total. The molecule has 0 aliphatic carbocycles. The summed E-state index contributed by atoms with van der Waals surface area (Å²) in [7, 11) is 0. The van der Waals surface area contributed by atoms with E-state index in [1.807, 2.05) is 19.9 Å². The average Bonchev–Trinajstić information content (AvgIpc) is 2.50. The fourth-order valence-electron chi connectivity index (χ4n) is 2.22. The molecule has 0 fully saturated rings. The van der Waals surface area contributed by atoms with Crippen molar-refractivity contribution in [1.82, 2.24) is 5.32 Å². The van der Waals surface area contributed by atoms with E-state index < -0.39 is 0 Å². The van der Waals surface area contributed by atoms with E-state index in [0.717, 1.165) is 37.3 Å². The number of hydrogen-bond acceptors (Lipinski definition) is 3. The summed E-state index contributed by atoms with van der Waals surface area (Å²) in [4.78, 5) is 0. The monoisotopic (exact) mass is 289 g/mol. The Bertz CT molecular complexity index is 451. The molecular weight excluding hydrogens is 262 g/mol. The van der Waals surface area contributed by atoms with Gasteiger partial charge >= 0.3 is 0 Å². The van der Waals surface area contributed by atoms with Crippen LogP contribution in [0.3, 0.4) is 0 Å². The maximum absolute atomic E-state index is 5.70. The van der Waals surface area contributed by atoms with Gasteiger partial charge in [0.2, 0.25) is 0 Å². The number of hydrogen-bond donors (Lipinski definition) is 1. The third-order valence-electron chi connectivity index (χ3n) is 3.19. The summed E-state index contributed by atoms with van der Waals surface area (Å²) in [6, 6.07) is 6.41. The van der Waals surface area contributed by atoms with Crippen molar-refractivity contribution in [2.75, 3.05) is 19.8 Å². The maximum Gasteiger partial charge on any atom is 0.161 e. The van der Waals surface area contributed by atoms with E-state index in [-0.39, 0.29) is 6.04 Å². The second-order valence-corrected chi connectivity index (χ2v) is 4.82. The summed E-state index contributed by atoms with van der Waals surface area (Å²) in [5.74, 6) is 4.33. The van der Waals surface area contributed by atoms with Crippen LogP contribution in [-0.2, 0) is 0 Å². The number of rotatable bonds is 10. The van der Waals surface area contributed by atoms with Crippen LogP contribution in [0, 0.1) is 12.3 Å². The Hall–Kier alpha value is -1.66. The molecule has 3 heteroatoms. The minimum atomic E-state index is 0.260. The van der Waals surface area contributed by atoms with Crippen LogP contribution in [0.1, 0.15) is 51.6 Å². The molecule has 0 aromatic heterocycles. The van der Waals surface area contributed by atoms with Gasteiger partial charge in [0.25, 0.3) is 0 Å². The van der Waals surface area contributed by atoms with Gasteiger partial charge in [-0.05, 0) is 50.9 Å². The smallest absolute Gasteiger partial charge is 0.161 e. The van der Waals surface area contributed by atoms with Gasteiger partial charge in [-0.1, -0.05) is 13.0 Å². The molecule has 21 heavy (non-hydrogen) atoms. The van der Waals surface area contributed by atoms with E-state index in [0.29, 0.717) is 13.2 Å². The Morgan fingerprint density at radius 1 is 1.14 bits per heavy atom. The lowest BCUT2D eigenvalue weighted by molar-refractivity contribution is 0.287. The zero-order valence-electron chi connectivity index (χ0n) is 13.4. The molecule has 1 rings (SSSR count). The van der Waals surface area contributed by atoms with E-state index in [4.69, 9.17) is 15.9 Å². The fraction of sp³-hybridized carbons (Fsp3) is 0.556. The molecule has 1 N–H and O–H groups in total. The summed E-state index contributed by atoms with van der Waals surface area (Å²) in [6.07, 6.45) is 8.19. The molecule has 0 spiro atoms. The van der Waals surface area contributed by atoms with Gasteiger partial charge in [0.1, 0.15) is 0 Å². The highest BCUT2D eigenvalue weighted by Crippen LogP contribution is 2.32. The van der Waals surface area contributed by atoms with Crippen LogP contribution in [-0.4, -0.2) is 19.8 Å². The first-order valence-corrected chi connectivity index (χ1v) is 7.83. The molecular formula is C18H27NO2. The van der Waals surface area contributed by atoms with Gasteiger partial charge in [-0.15, -0.1) is 12.3 Å². The molecule has 1 atom stereocenters. The summed E-state index contributed by atoms with van der Waals surface area (Å²) >= 11 is 0.